The van der Waals surface area contributed by atoms with Crippen LogP contribution in [-0.4, -0.2) is 47.8 Å². The lowest BCUT2D eigenvalue weighted by Crippen LogP contribution is -2.54. The van der Waals surface area contributed by atoms with E-state index in [-0.39, 0.29) is 11.8 Å². The van der Waals surface area contributed by atoms with Crippen molar-refractivity contribution in [3.63, 3.8) is 0 Å². The average Bonchev–Trinajstić information content (AvgIpc) is 2.25. The topological polar surface area (TPSA) is 40.6 Å². The number of rotatable bonds is 5. The van der Waals surface area contributed by atoms with Crippen LogP contribution in [0.1, 0.15) is 33.6 Å². The molecule has 1 aliphatic heterocycles. The third kappa shape index (κ3) is 2.97. The molecule has 0 radical (unpaired) electrons. The van der Waals surface area contributed by atoms with E-state index >= 15 is 0 Å². The maximum Gasteiger partial charge on any atom is 0.312 e. The molecule has 1 atom stereocenters. The van der Waals surface area contributed by atoms with Crippen LogP contribution >= 0.6 is 0 Å². The first-order valence-corrected chi connectivity index (χ1v) is 6.18. The van der Waals surface area contributed by atoms with Crippen molar-refractivity contribution in [3.8, 4) is 0 Å². The summed E-state index contributed by atoms with van der Waals surface area (Å²) in [4.78, 5) is 26.7. The van der Waals surface area contributed by atoms with Crippen LogP contribution in [0.5, 0.6) is 0 Å². The van der Waals surface area contributed by atoms with Crippen molar-refractivity contribution < 1.29 is 9.59 Å². The number of hydrogen-bond donors (Lipinski definition) is 0. The molecule has 1 heterocycles. The Kier molecular flexibility index (Phi) is 4.77. The number of hydrogen-bond acceptors (Lipinski definition) is 2. The summed E-state index contributed by atoms with van der Waals surface area (Å²) < 4.78 is 0. The zero-order valence-corrected chi connectivity index (χ0v) is 10.5. The van der Waals surface area contributed by atoms with Gasteiger partial charge in [0.05, 0.1) is 0 Å². The van der Waals surface area contributed by atoms with Gasteiger partial charge in [0.2, 0.25) is 0 Å². The second kappa shape index (κ2) is 5.87. The predicted octanol–water partition coefficient (Wildman–Crippen LogP) is 1.11. The molecule has 1 unspecified atom stereocenters. The van der Waals surface area contributed by atoms with Crippen LogP contribution < -0.4 is 0 Å². The van der Waals surface area contributed by atoms with Gasteiger partial charge in [-0.25, -0.2) is 0 Å². The monoisotopic (exact) mass is 226 g/mol. The fraction of sp³-hybridized carbons (Fsp3) is 0.833. The molecule has 0 aromatic rings. The van der Waals surface area contributed by atoms with Crippen molar-refractivity contribution in [1.29, 1.82) is 0 Å². The van der Waals surface area contributed by atoms with Crippen LogP contribution in [0.15, 0.2) is 0 Å². The van der Waals surface area contributed by atoms with E-state index in [1.807, 2.05) is 6.92 Å². The standard InChI is InChI=1S/C12H22N2O2/c1-4-6-10(3)9-14-8-7-13(5-2)11(15)12(14)16/h10H,4-9H2,1-3H3. The molecule has 2 amide bonds. The highest BCUT2D eigenvalue weighted by Gasteiger charge is 2.31. The largest absolute Gasteiger partial charge is 0.333 e. The Morgan fingerprint density at radius 1 is 1.12 bits per heavy atom. The van der Waals surface area contributed by atoms with Gasteiger partial charge < -0.3 is 9.80 Å². The van der Waals surface area contributed by atoms with Gasteiger partial charge >= 0.3 is 11.8 Å². The zero-order valence-electron chi connectivity index (χ0n) is 10.5. The molecule has 92 valence electrons. The second-order valence-corrected chi connectivity index (χ2v) is 4.53. The van der Waals surface area contributed by atoms with E-state index in [1.165, 1.54) is 0 Å². The van der Waals surface area contributed by atoms with Crippen molar-refractivity contribution in [3.05, 3.63) is 0 Å². The van der Waals surface area contributed by atoms with Gasteiger partial charge in [-0.2, -0.15) is 0 Å². The van der Waals surface area contributed by atoms with E-state index in [9.17, 15) is 9.59 Å². The molecule has 0 spiro atoms. The molecule has 4 nitrogen and oxygen atoms in total. The molecule has 1 aliphatic rings. The minimum Gasteiger partial charge on any atom is -0.333 e. The van der Waals surface area contributed by atoms with Crippen molar-refractivity contribution in [2.75, 3.05) is 26.2 Å². The first kappa shape index (κ1) is 13.0. The molecule has 0 aliphatic carbocycles. The summed E-state index contributed by atoms with van der Waals surface area (Å²) in [6, 6.07) is 0. The molecule has 1 saturated heterocycles. The zero-order chi connectivity index (χ0) is 12.1. The molecule has 4 heteroatoms. The lowest BCUT2D eigenvalue weighted by Gasteiger charge is -2.34. The smallest absolute Gasteiger partial charge is 0.312 e. The summed E-state index contributed by atoms with van der Waals surface area (Å²) in [6.07, 6.45) is 2.23. The van der Waals surface area contributed by atoms with Gasteiger partial charge in [-0.3, -0.25) is 9.59 Å². The van der Waals surface area contributed by atoms with Crippen LogP contribution in [0.2, 0.25) is 0 Å². The Balaban J connectivity index is 2.51. The van der Waals surface area contributed by atoms with Crippen molar-refractivity contribution in [2.45, 2.75) is 33.6 Å². The molecule has 0 aromatic carbocycles. The summed E-state index contributed by atoms with van der Waals surface area (Å²) in [5.41, 5.74) is 0. The average molecular weight is 226 g/mol. The number of carbonyl (C=O) groups excluding carboxylic acids is 2. The Morgan fingerprint density at radius 2 is 1.69 bits per heavy atom. The third-order valence-corrected chi connectivity index (χ3v) is 3.09. The van der Waals surface area contributed by atoms with E-state index in [0.717, 1.165) is 19.4 Å². The SMILES string of the molecule is CCCC(C)CN1CCN(CC)C(=O)C1=O. The summed E-state index contributed by atoms with van der Waals surface area (Å²) in [5, 5.41) is 0. The number of nitrogens with zero attached hydrogens (tertiary/aromatic N) is 2. The van der Waals surface area contributed by atoms with Gasteiger partial charge in [-0.1, -0.05) is 20.3 Å². The first-order chi connectivity index (χ1) is 7.60. The summed E-state index contributed by atoms with van der Waals surface area (Å²) in [6.45, 7) is 8.89. The molecule has 0 aromatic heterocycles. The van der Waals surface area contributed by atoms with Gasteiger partial charge in [-0.15, -0.1) is 0 Å². The number of amides is 2. The highest BCUT2D eigenvalue weighted by molar-refractivity contribution is 6.35. The van der Waals surface area contributed by atoms with E-state index in [1.54, 1.807) is 9.80 Å². The van der Waals surface area contributed by atoms with Gasteiger partial charge in [-0.05, 0) is 19.3 Å². The Bertz CT molecular complexity index is 266. The molecule has 16 heavy (non-hydrogen) atoms. The van der Waals surface area contributed by atoms with Crippen molar-refractivity contribution in [2.24, 2.45) is 5.92 Å². The quantitative estimate of drug-likeness (QED) is 0.659. The molecular formula is C12H22N2O2. The summed E-state index contributed by atoms with van der Waals surface area (Å²) >= 11 is 0. The molecule has 0 bridgehead atoms. The van der Waals surface area contributed by atoms with E-state index in [2.05, 4.69) is 13.8 Å². The fourth-order valence-corrected chi connectivity index (χ4v) is 2.15. The van der Waals surface area contributed by atoms with Gasteiger partial charge in [0.1, 0.15) is 0 Å². The summed E-state index contributed by atoms with van der Waals surface area (Å²) in [7, 11) is 0. The number of piperazine rings is 1. The van der Waals surface area contributed by atoms with Crippen LogP contribution in [-0.2, 0) is 9.59 Å². The van der Waals surface area contributed by atoms with Crippen LogP contribution in [0.4, 0.5) is 0 Å². The molecule has 1 fully saturated rings. The maximum absolute atomic E-state index is 11.8. The Hall–Kier alpha value is -1.06. The van der Waals surface area contributed by atoms with Gasteiger partial charge in [0, 0.05) is 26.2 Å². The van der Waals surface area contributed by atoms with Crippen LogP contribution in [0.25, 0.3) is 0 Å². The molecule has 0 N–H and O–H groups in total. The van der Waals surface area contributed by atoms with Crippen molar-refractivity contribution in [1.82, 2.24) is 9.80 Å². The first-order valence-electron chi connectivity index (χ1n) is 6.18. The lowest BCUT2D eigenvalue weighted by atomic mass is 10.1. The van der Waals surface area contributed by atoms with E-state index in [0.29, 0.717) is 25.6 Å². The number of likely N-dealkylation sites (N-methyl/N-ethyl adjacent to an activating group) is 1. The van der Waals surface area contributed by atoms with E-state index < -0.39 is 0 Å². The normalized spacial score (nSPS) is 19.2. The second-order valence-electron chi connectivity index (χ2n) is 4.53. The molecule has 0 saturated carbocycles. The maximum atomic E-state index is 11.8. The summed E-state index contributed by atoms with van der Waals surface area (Å²) in [5.74, 6) is -0.177. The number of carbonyl (C=O) groups is 2. The van der Waals surface area contributed by atoms with Gasteiger partial charge in [0.15, 0.2) is 0 Å². The third-order valence-electron chi connectivity index (χ3n) is 3.09. The highest BCUT2D eigenvalue weighted by Crippen LogP contribution is 2.11. The van der Waals surface area contributed by atoms with Gasteiger partial charge in [0.25, 0.3) is 0 Å². The van der Waals surface area contributed by atoms with Crippen LogP contribution in [0.3, 0.4) is 0 Å². The lowest BCUT2D eigenvalue weighted by molar-refractivity contribution is -0.156. The molecule has 1 rings (SSSR count). The Morgan fingerprint density at radius 3 is 2.25 bits per heavy atom. The molecular weight excluding hydrogens is 204 g/mol. The van der Waals surface area contributed by atoms with E-state index in [4.69, 9.17) is 0 Å². The Labute approximate surface area is 97.6 Å². The minimum atomic E-state index is -0.336. The fourth-order valence-electron chi connectivity index (χ4n) is 2.15. The van der Waals surface area contributed by atoms with Crippen molar-refractivity contribution >= 4 is 11.8 Å². The van der Waals surface area contributed by atoms with Crippen LogP contribution in [0, 0.1) is 5.92 Å². The minimum absolute atomic E-state index is 0.323. The highest BCUT2D eigenvalue weighted by atomic mass is 16.2. The predicted molar refractivity (Wildman–Crippen MR) is 62.9 cm³/mol.